The van der Waals surface area contributed by atoms with Gasteiger partial charge in [0.25, 0.3) is 0 Å². The van der Waals surface area contributed by atoms with Crippen molar-refractivity contribution >= 4 is 75.3 Å². The van der Waals surface area contributed by atoms with Crippen LogP contribution in [0.25, 0.3) is 86.8 Å². The molecule has 0 aliphatic heterocycles. The van der Waals surface area contributed by atoms with Crippen molar-refractivity contribution in [2.75, 3.05) is 0 Å². The number of hydrogen-bond acceptors (Lipinski definition) is 3. The van der Waals surface area contributed by atoms with Crippen LogP contribution < -0.4 is 0 Å². The van der Waals surface area contributed by atoms with Crippen LogP contribution in [0.3, 0.4) is 0 Å². The highest BCUT2D eigenvalue weighted by atomic mass is 32.1. The van der Waals surface area contributed by atoms with Gasteiger partial charge in [0.05, 0.1) is 27.5 Å². The number of nitrogens with zero attached hydrogens (tertiary/aromatic N) is 4. The number of thiophene rings is 1. The standard InChI is InChI=1S/C40H24N4S/c1-2-12-26(13-3-1)43-32-18-8-4-16-29(32)30-23-22-25(24-35(30)43)38-41-39(37-31-17-7-11-21-36(31)45-40(37)42-38)44-33-19-9-5-14-27(33)28-15-6-10-20-34(28)44/h1-24H. The highest BCUT2D eigenvalue weighted by Gasteiger charge is 2.21. The number of aromatic nitrogens is 4. The fourth-order valence-electron chi connectivity index (χ4n) is 7.01. The molecule has 0 amide bonds. The van der Waals surface area contributed by atoms with Gasteiger partial charge in [-0.3, -0.25) is 4.57 Å². The van der Waals surface area contributed by atoms with Crippen molar-refractivity contribution in [1.29, 1.82) is 0 Å². The SMILES string of the molecule is c1ccc(-n2c3ccccc3c3ccc(-c4nc(-n5c6ccccc6c6ccccc65)c5c(n4)sc4ccccc45)cc32)cc1. The first kappa shape index (κ1) is 24.6. The molecule has 5 heteroatoms. The minimum absolute atomic E-state index is 0.720. The van der Waals surface area contributed by atoms with E-state index in [4.69, 9.17) is 9.97 Å². The lowest BCUT2D eigenvalue weighted by atomic mass is 10.1. The van der Waals surface area contributed by atoms with Crippen LogP contribution in [0, 0.1) is 0 Å². The lowest BCUT2D eigenvalue weighted by molar-refractivity contribution is 1.08. The first-order valence-electron chi connectivity index (χ1n) is 15.1. The van der Waals surface area contributed by atoms with Crippen molar-refractivity contribution in [3.8, 4) is 22.9 Å². The number of rotatable bonds is 3. The molecule has 0 aliphatic carbocycles. The quantitative estimate of drug-likeness (QED) is 0.205. The molecule has 6 aromatic carbocycles. The van der Waals surface area contributed by atoms with E-state index in [2.05, 4.69) is 155 Å². The van der Waals surface area contributed by atoms with Crippen LogP contribution in [-0.2, 0) is 0 Å². The molecule has 4 nitrogen and oxygen atoms in total. The fraction of sp³-hybridized carbons (Fsp3) is 0. The molecule has 10 aromatic rings. The summed E-state index contributed by atoms with van der Waals surface area (Å²) in [5, 5.41) is 7.15. The summed E-state index contributed by atoms with van der Waals surface area (Å²) >= 11 is 1.73. The van der Waals surface area contributed by atoms with Gasteiger partial charge in [-0.05, 0) is 42.5 Å². The molecule has 0 fully saturated rings. The highest BCUT2D eigenvalue weighted by Crippen LogP contribution is 2.41. The Bertz CT molecular complexity index is 2710. The Morgan fingerprint density at radius 1 is 0.444 bits per heavy atom. The van der Waals surface area contributed by atoms with E-state index in [1.165, 1.54) is 37.1 Å². The van der Waals surface area contributed by atoms with Gasteiger partial charge in [-0.1, -0.05) is 103 Å². The van der Waals surface area contributed by atoms with Crippen LogP contribution in [0.15, 0.2) is 146 Å². The van der Waals surface area contributed by atoms with Crippen LogP contribution in [0.2, 0.25) is 0 Å². The smallest absolute Gasteiger partial charge is 0.163 e. The third-order valence-corrected chi connectivity index (χ3v) is 10.0. The maximum absolute atomic E-state index is 5.45. The Morgan fingerprint density at radius 2 is 1.00 bits per heavy atom. The first-order valence-corrected chi connectivity index (χ1v) is 15.9. The van der Waals surface area contributed by atoms with E-state index in [1.54, 1.807) is 11.3 Å². The van der Waals surface area contributed by atoms with Gasteiger partial charge in [-0.15, -0.1) is 11.3 Å². The van der Waals surface area contributed by atoms with Crippen LogP contribution in [0.4, 0.5) is 0 Å². The second-order valence-electron chi connectivity index (χ2n) is 11.4. The Labute approximate surface area is 262 Å². The van der Waals surface area contributed by atoms with Crippen molar-refractivity contribution in [3.05, 3.63) is 146 Å². The molecule has 0 unspecified atom stereocenters. The molecule has 0 saturated heterocycles. The predicted molar refractivity (Wildman–Crippen MR) is 189 cm³/mol. The minimum Gasteiger partial charge on any atom is -0.309 e. The summed E-state index contributed by atoms with van der Waals surface area (Å²) in [6, 6.07) is 51.7. The average Bonchev–Trinajstić information content (AvgIpc) is 3.76. The lowest BCUT2D eigenvalue weighted by Gasteiger charge is -2.12. The summed E-state index contributed by atoms with van der Waals surface area (Å²) in [6.45, 7) is 0. The Hall–Kier alpha value is -5.78. The largest absolute Gasteiger partial charge is 0.309 e. The Kier molecular flexibility index (Phi) is 5.12. The van der Waals surface area contributed by atoms with Gasteiger partial charge in [0.1, 0.15) is 4.83 Å². The van der Waals surface area contributed by atoms with E-state index in [0.717, 1.165) is 49.7 Å². The van der Waals surface area contributed by atoms with E-state index in [9.17, 15) is 0 Å². The van der Waals surface area contributed by atoms with Gasteiger partial charge in [0.2, 0.25) is 0 Å². The van der Waals surface area contributed by atoms with Gasteiger partial charge in [0, 0.05) is 42.9 Å². The van der Waals surface area contributed by atoms with Gasteiger partial charge in [-0.25, -0.2) is 9.97 Å². The molecular weight excluding hydrogens is 569 g/mol. The maximum Gasteiger partial charge on any atom is 0.163 e. The second kappa shape index (κ2) is 9.36. The predicted octanol–water partition coefficient (Wildman–Crippen LogP) is 10.7. The molecule has 0 aliphatic rings. The minimum atomic E-state index is 0.720. The fourth-order valence-corrected chi connectivity index (χ4v) is 8.08. The van der Waals surface area contributed by atoms with E-state index >= 15 is 0 Å². The van der Waals surface area contributed by atoms with E-state index in [0.29, 0.717) is 0 Å². The molecule has 4 heterocycles. The second-order valence-corrected chi connectivity index (χ2v) is 12.5. The summed E-state index contributed by atoms with van der Waals surface area (Å²) in [4.78, 5) is 11.7. The molecule has 0 bridgehead atoms. The van der Waals surface area contributed by atoms with Crippen molar-refractivity contribution < 1.29 is 0 Å². The maximum atomic E-state index is 5.45. The lowest BCUT2D eigenvalue weighted by Crippen LogP contribution is -2.02. The molecular formula is C40H24N4S. The molecule has 0 saturated carbocycles. The summed E-state index contributed by atoms with van der Waals surface area (Å²) in [5.74, 6) is 1.63. The van der Waals surface area contributed by atoms with Crippen LogP contribution in [-0.4, -0.2) is 19.1 Å². The molecule has 0 spiro atoms. The summed E-state index contributed by atoms with van der Waals surface area (Å²) in [6.07, 6.45) is 0. The molecule has 0 radical (unpaired) electrons. The number of benzene rings is 6. The van der Waals surface area contributed by atoms with Crippen LogP contribution in [0.5, 0.6) is 0 Å². The van der Waals surface area contributed by atoms with Crippen LogP contribution in [0.1, 0.15) is 0 Å². The Balaban J connectivity index is 1.31. The average molecular weight is 593 g/mol. The first-order chi connectivity index (χ1) is 22.3. The molecule has 45 heavy (non-hydrogen) atoms. The Morgan fingerprint density at radius 3 is 1.69 bits per heavy atom. The van der Waals surface area contributed by atoms with Gasteiger partial charge < -0.3 is 4.57 Å². The molecule has 0 atom stereocenters. The third-order valence-electron chi connectivity index (χ3n) is 8.96. The molecule has 210 valence electrons. The summed E-state index contributed by atoms with van der Waals surface area (Å²) in [5.41, 5.74) is 6.72. The third kappa shape index (κ3) is 3.53. The summed E-state index contributed by atoms with van der Waals surface area (Å²) in [7, 11) is 0. The van der Waals surface area contributed by atoms with Crippen LogP contribution >= 0.6 is 11.3 Å². The number of hydrogen-bond donors (Lipinski definition) is 0. The van der Waals surface area contributed by atoms with E-state index in [-0.39, 0.29) is 0 Å². The molecule has 10 rings (SSSR count). The number of para-hydroxylation sites is 4. The monoisotopic (exact) mass is 592 g/mol. The van der Waals surface area contributed by atoms with Crippen molar-refractivity contribution in [3.63, 3.8) is 0 Å². The molecule has 0 N–H and O–H groups in total. The normalized spacial score (nSPS) is 12.0. The zero-order valence-corrected chi connectivity index (χ0v) is 24.9. The van der Waals surface area contributed by atoms with Gasteiger partial charge in [-0.2, -0.15) is 0 Å². The zero-order chi connectivity index (χ0) is 29.5. The van der Waals surface area contributed by atoms with Crippen molar-refractivity contribution in [2.24, 2.45) is 0 Å². The number of fused-ring (bicyclic) bond motifs is 9. The van der Waals surface area contributed by atoms with Gasteiger partial charge in [0.15, 0.2) is 11.6 Å². The zero-order valence-electron chi connectivity index (χ0n) is 24.1. The van der Waals surface area contributed by atoms with E-state index < -0.39 is 0 Å². The highest BCUT2D eigenvalue weighted by molar-refractivity contribution is 7.25. The topological polar surface area (TPSA) is 35.6 Å². The summed E-state index contributed by atoms with van der Waals surface area (Å²) < 4.78 is 5.89. The van der Waals surface area contributed by atoms with Gasteiger partial charge >= 0.3 is 0 Å². The molecule has 4 aromatic heterocycles. The van der Waals surface area contributed by atoms with Crippen molar-refractivity contribution in [2.45, 2.75) is 0 Å². The van der Waals surface area contributed by atoms with E-state index in [1.807, 2.05) is 0 Å². The van der Waals surface area contributed by atoms with Crippen molar-refractivity contribution in [1.82, 2.24) is 19.1 Å².